The Balaban J connectivity index is 2.42. The summed E-state index contributed by atoms with van der Waals surface area (Å²) in [7, 11) is 1.88. The Morgan fingerprint density at radius 1 is 1.40 bits per heavy atom. The molecule has 0 bridgehead atoms. The zero-order valence-corrected chi connectivity index (χ0v) is 9.19. The van der Waals surface area contributed by atoms with Gasteiger partial charge in [0.1, 0.15) is 6.10 Å². The standard InChI is InChI=1S/C12H17NO2/c1-10(8-9-13-2)15-12(14)11-6-4-3-5-7-11/h3-7,10,13H,8-9H2,1-2H3. The normalized spacial score (nSPS) is 12.1. The van der Waals surface area contributed by atoms with Crippen molar-refractivity contribution in [2.24, 2.45) is 0 Å². The van der Waals surface area contributed by atoms with Crippen LogP contribution in [0, 0.1) is 0 Å². The molecule has 0 heterocycles. The van der Waals surface area contributed by atoms with Crippen molar-refractivity contribution >= 4 is 5.97 Å². The molecule has 0 saturated carbocycles. The Hall–Kier alpha value is -1.35. The van der Waals surface area contributed by atoms with Gasteiger partial charge in [-0.15, -0.1) is 0 Å². The van der Waals surface area contributed by atoms with E-state index in [0.717, 1.165) is 13.0 Å². The maximum atomic E-state index is 11.6. The van der Waals surface area contributed by atoms with E-state index in [1.165, 1.54) is 0 Å². The second kappa shape index (κ2) is 6.19. The third kappa shape index (κ3) is 4.13. The lowest BCUT2D eigenvalue weighted by Gasteiger charge is -2.12. The maximum Gasteiger partial charge on any atom is 0.338 e. The fraction of sp³-hybridized carbons (Fsp3) is 0.417. The van der Waals surface area contributed by atoms with Crippen LogP contribution >= 0.6 is 0 Å². The summed E-state index contributed by atoms with van der Waals surface area (Å²) in [6.07, 6.45) is 0.778. The third-order valence-electron chi connectivity index (χ3n) is 2.12. The highest BCUT2D eigenvalue weighted by Crippen LogP contribution is 2.05. The Kier molecular flexibility index (Phi) is 4.84. The van der Waals surface area contributed by atoms with E-state index >= 15 is 0 Å². The maximum absolute atomic E-state index is 11.6. The highest BCUT2D eigenvalue weighted by atomic mass is 16.5. The van der Waals surface area contributed by atoms with Gasteiger partial charge in [-0.05, 0) is 39.1 Å². The van der Waals surface area contributed by atoms with Crippen molar-refractivity contribution in [3.63, 3.8) is 0 Å². The lowest BCUT2D eigenvalue weighted by Crippen LogP contribution is -2.20. The van der Waals surface area contributed by atoms with E-state index in [9.17, 15) is 4.79 Å². The number of carbonyl (C=O) groups excluding carboxylic acids is 1. The van der Waals surface area contributed by atoms with Crippen LogP contribution in [0.5, 0.6) is 0 Å². The Morgan fingerprint density at radius 2 is 2.07 bits per heavy atom. The fourth-order valence-corrected chi connectivity index (χ4v) is 1.23. The van der Waals surface area contributed by atoms with Crippen molar-refractivity contribution in [3.8, 4) is 0 Å². The van der Waals surface area contributed by atoms with Crippen molar-refractivity contribution in [2.75, 3.05) is 13.6 Å². The minimum atomic E-state index is -0.251. The minimum absolute atomic E-state index is 0.0508. The average molecular weight is 207 g/mol. The number of nitrogens with one attached hydrogen (secondary N) is 1. The van der Waals surface area contributed by atoms with Crippen molar-refractivity contribution in [2.45, 2.75) is 19.4 Å². The van der Waals surface area contributed by atoms with Crippen LogP contribution in [0.2, 0.25) is 0 Å². The molecule has 15 heavy (non-hydrogen) atoms. The van der Waals surface area contributed by atoms with Crippen LogP contribution in [0.25, 0.3) is 0 Å². The van der Waals surface area contributed by atoms with Crippen LogP contribution in [0.4, 0.5) is 0 Å². The predicted octanol–water partition coefficient (Wildman–Crippen LogP) is 1.84. The molecule has 1 N–H and O–H groups in total. The summed E-state index contributed by atoms with van der Waals surface area (Å²) in [5, 5.41) is 3.02. The van der Waals surface area contributed by atoms with Crippen LogP contribution in [-0.4, -0.2) is 25.7 Å². The third-order valence-corrected chi connectivity index (χ3v) is 2.12. The number of ether oxygens (including phenoxy) is 1. The number of hydrogen-bond acceptors (Lipinski definition) is 3. The number of esters is 1. The van der Waals surface area contributed by atoms with E-state index in [1.54, 1.807) is 12.1 Å². The predicted molar refractivity (Wildman–Crippen MR) is 59.9 cm³/mol. The molecular weight excluding hydrogens is 190 g/mol. The molecule has 0 aliphatic carbocycles. The Morgan fingerprint density at radius 3 is 2.67 bits per heavy atom. The van der Waals surface area contributed by atoms with Gasteiger partial charge in [-0.2, -0.15) is 0 Å². The summed E-state index contributed by atoms with van der Waals surface area (Å²) < 4.78 is 5.26. The van der Waals surface area contributed by atoms with E-state index in [2.05, 4.69) is 5.32 Å². The first-order chi connectivity index (χ1) is 7.24. The molecule has 0 radical (unpaired) electrons. The molecule has 1 rings (SSSR count). The van der Waals surface area contributed by atoms with Gasteiger partial charge in [-0.1, -0.05) is 18.2 Å². The van der Waals surface area contributed by atoms with Gasteiger partial charge >= 0.3 is 5.97 Å². The summed E-state index contributed by atoms with van der Waals surface area (Å²) in [6, 6.07) is 9.05. The Labute approximate surface area is 90.4 Å². The zero-order valence-electron chi connectivity index (χ0n) is 9.19. The van der Waals surface area contributed by atoms with Gasteiger partial charge in [0, 0.05) is 0 Å². The molecule has 82 valence electrons. The van der Waals surface area contributed by atoms with Crippen LogP contribution in [0.3, 0.4) is 0 Å². The van der Waals surface area contributed by atoms with Crippen molar-refractivity contribution < 1.29 is 9.53 Å². The first-order valence-corrected chi connectivity index (χ1v) is 5.14. The second-order valence-electron chi connectivity index (χ2n) is 3.47. The van der Waals surface area contributed by atoms with Gasteiger partial charge in [0.15, 0.2) is 0 Å². The summed E-state index contributed by atoms with van der Waals surface area (Å²) in [4.78, 5) is 11.6. The molecule has 1 unspecified atom stereocenters. The first-order valence-electron chi connectivity index (χ1n) is 5.14. The molecule has 1 atom stereocenters. The molecule has 0 aliphatic heterocycles. The molecule has 1 aromatic rings. The van der Waals surface area contributed by atoms with Crippen molar-refractivity contribution in [3.05, 3.63) is 35.9 Å². The molecule has 0 aromatic heterocycles. The van der Waals surface area contributed by atoms with Crippen LogP contribution in [0.15, 0.2) is 30.3 Å². The van der Waals surface area contributed by atoms with Crippen molar-refractivity contribution in [1.29, 1.82) is 0 Å². The molecule has 3 heteroatoms. The molecular formula is C12H17NO2. The number of rotatable bonds is 5. The van der Waals surface area contributed by atoms with Gasteiger partial charge < -0.3 is 10.1 Å². The lowest BCUT2D eigenvalue weighted by molar-refractivity contribution is 0.0326. The average Bonchev–Trinajstić information content (AvgIpc) is 2.27. The number of hydrogen-bond donors (Lipinski definition) is 1. The van der Waals surface area contributed by atoms with Gasteiger partial charge in [0.05, 0.1) is 5.56 Å². The second-order valence-corrected chi connectivity index (χ2v) is 3.47. The quantitative estimate of drug-likeness (QED) is 0.749. The summed E-state index contributed by atoms with van der Waals surface area (Å²) in [5.41, 5.74) is 0.605. The van der Waals surface area contributed by atoms with E-state index in [4.69, 9.17) is 4.74 Å². The van der Waals surface area contributed by atoms with Crippen molar-refractivity contribution in [1.82, 2.24) is 5.32 Å². The molecule has 0 amide bonds. The summed E-state index contributed by atoms with van der Waals surface area (Å²) in [6.45, 7) is 2.75. The first kappa shape index (κ1) is 11.7. The number of benzene rings is 1. The number of carbonyl (C=O) groups is 1. The molecule has 0 saturated heterocycles. The van der Waals surface area contributed by atoms with Crippen LogP contribution in [-0.2, 0) is 4.74 Å². The zero-order chi connectivity index (χ0) is 11.1. The van der Waals surface area contributed by atoms with E-state index in [-0.39, 0.29) is 12.1 Å². The van der Waals surface area contributed by atoms with Gasteiger partial charge in [0.2, 0.25) is 0 Å². The van der Waals surface area contributed by atoms with E-state index in [1.807, 2.05) is 32.2 Å². The fourth-order valence-electron chi connectivity index (χ4n) is 1.23. The lowest BCUT2D eigenvalue weighted by atomic mass is 10.2. The van der Waals surface area contributed by atoms with Crippen LogP contribution < -0.4 is 5.32 Å². The molecule has 0 spiro atoms. The summed E-state index contributed by atoms with van der Waals surface area (Å²) in [5.74, 6) is -0.251. The smallest absolute Gasteiger partial charge is 0.338 e. The Bertz CT molecular complexity index is 298. The molecule has 0 aliphatic rings. The largest absolute Gasteiger partial charge is 0.459 e. The summed E-state index contributed by atoms with van der Waals surface area (Å²) >= 11 is 0. The highest BCUT2D eigenvalue weighted by molar-refractivity contribution is 5.89. The molecule has 1 aromatic carbocycles. The van der Waals surface area contributed by atoms with Gasteiger partial charge in [-0.3, -0.25) is 0 Å². The van der Waals surface area contributed by atoms with E-state index < -0.39 is 0 Å². The minimum Gasteiger partial charge on any atom is -0.459 e. The monoisotopic (exact) mass is 207 g/mol. The topological polar surface area (TPSA) is 38.3 Å². The molecule has 0 fully saturated rings. The highest BCUT2D eigenvalue weighted by Gasteiger charge is 2.10. The van der Waals surface area contributed by atoms with Crippen LogP contribution in [0.1, 0.15) is 23.7 Å². The van der Waals surface area contributed by atoms with Gasteiger partial charge in [-0.25, -0.2) is 4.79 Å². The molecule has 3 nitrogen and oxygen atoms in total. The SMILES string of the molecule is CNCCC(C)OC(=O)c1ccccc1. The van der Waals surface area contributed by atoms with E-state index in [0.29, 0.717) is 5.56 Å². The van der Waals surface area contributed by atoms with Gasteiger partial charge in [0.25, 0.3) is 0 Å².